The summed E-state index contributed by atoms with van der Waals surface area (Å²) in [5.41, 5.74) is 1.84. The number of anilines is 2. The number of urea groups is 1. The summed E-state index contributed by atoms with van der Waals surface area (Å²) in [5, 5.41) is 7.55. The fourth-order valence-corrected chi connectivity index (χ4v) is 2.45. The number of carbonyl (C=O) groups is 2. The van der Waals surface area contributed by atoms with Crippen LogP contribution in [-0.2, 0) is 0 Å². The lowest BCUT2D eigenvalue weighted by Gasteiger charge is -2.11. The van der Waals surface area contributed by atoms with Gasteiger partial charge in [-0.1, -0.05) is 17.7 Å². The fraction of sp³-hybridized carbons (Fsp3) is 0.0952. The minimum Gasteiger partial charge on any atom is -0.457 e. The van der Waals surface area contributed by atoms with Gasteiger partial charge in [0.15, 0.2) is 0 Å². The zero-order valence-electron chi connectivity index (χ0n) is 15.8. The molecule has 8 heteroatoms. The van der Waals surface area contributed by atoms with Gasteiger partial charge in [-0.3, -0.25) is 9.78 Å². The maximum absolute atomic E-state index is 14.4. The van der Waals surface area contributed by atoms with Crippen molar-refractivity contribution in [1.82, 2.24) is 10.3 Å². The van der Waals surface area contributed by atoms with E-state index in [9.17, 15) is 14.0 Å². The molecular weight excluding hydrogens is 375 g/mol. The number of rotatable bonds is 5. The molecule has 0 saturated heterocycles. The minimum atomic E-state index is -0.665. The molecule has 1 aromatic heterocycles. The van der Waals surface area contributed by atoms with Gasteiger partial charge in [-0.2, -0.15) is 0 Å². The lowest BCUT2D eigenvalue weighted by molar-refractivity contribution is 0.0958. The quantitative estimate of drug-likeness (QED) is 0.601. The number of hydrogen-bond acceptors (Lipinski definition) is 4. The van der Waals surface area contributed by atoms with Crippen molar-refractivity contribution in [3.05, 3.63) is 77.9 Å². The summed E-state index contributed by atoms with van der Waals surface area (Å²) in [6, 6.07) is 13.7. The molecule has 2 aromatic carbocycles. The first-order chi connectivity index (χ1) is 13.9. The van der Waals surface area contributed by atoms with Crippen molar-refractivity contribution < 1.29 is 18.7 Å². The highest BCUT2D eigenvalue weighted by Gasteiger charge is 2.11. The zero-order valence-corrected chi connectivity index (χ0v) is 15.8. The van der Waals surface area contributed by atoms with Crippen molar-refractivity contribution in [2.24, 2.45) is 0 Å². The van der Waals surface area contributed by atoms with Crippen LogP contribution in [0.1, 0.15) is 16.1 Å². The number of halogens is 1. The molecule has 0 aliphatic carbocycles. The van der Waals surface area contributed by atoms with Crippen LogP contribution in [0.15, 0.2) is 60.8 Å². The Morgan fingerprint density at radius 1 is 0.966 bits per heavy atom. The zero-order chi connectivity index (χ0) is 20.8. The molecule has 0 aliphatic rings. The Labute approximate surface area is 166 Å². The van der Waals surface area contributed by atoms with E-state index in [4.69, 9.17) is 4.74 Å². The van der Waals surface area contributed by atoms with E-state index in [-0.39, 0.29) is 23.0 Å². The standard InChI is InChI=1S/C21H19FN4O3/c1-13-3-5-14(6-4-13)25-21(28)26-18-8-7-15(11-17(18)22)29-16-9-10-24-19(12-16)20(27)23-2/h3-12H,1-2H3,(H,23,27)(H2,25,26,28). The number of nitrogens with one attached hydrogen (secondary N) is 3. The van der Waals surface area contributed by atoms with E-state index < -0.39 is 11.8 Å². The monoisotopic (exact) mass is 394 g/mol. The molecule has 29 heavy (non-hydrogen) atoms. The highest BCUT2D eigenvalue weighted by atomic mass is 19.1. The Morgan fingerprint density at radius 2 is 1.69 bits per heavy atom. The van der Waals surface area contributed by atoms with Crippen LogP contribution in [0.2, 0.25) is 0 Å². The van der Waals surface area contributed by atoms with Gasteiger partial charge in [0.25, 0.3) is 5.91 Å². The van der Waals surface area contributed by atoms with Crippen LogP contribution < -0.4 is 20.7 Å². The van der Waals surface area contributed by atoms with Gasteiger partial charge in [-0.25, -0.2) is 9.18 Å². The summed E-state index contributed by atoms with van der Waals surface area (Å²) in [4.78, 5) is 27.6. The van der Waals surface area contributed by atoms with E-state index in [2.05, 4.69) is 20.9 Å². The van der Waals surface area contributed by atoms with Crippen molar-refractivity contribution in [1.29, 1.82) is 0 Å². The molecule has 0 spiro atoms. The number of ether oxygens (including phenoxy) is 1. The molecule has 0 bridgehead atoms. The van der Waals surface area contributed by atoms with Gasteiger partial charge in [-0.05, 0) is 37.3 Å². The molecule has 0 fully saturated rings. The van der Waals surface area contributed by atoms with Crippen molar-refractivity contribution in [3.63, 3.8) is 0 Å². The average Bonchev–Trinajstić information content (AvgIpc) is 2.71. The van der Waals surface area contributed by atoms with E-state index in [1.165, 1.54) is 31.4 Å². The van der Waals surface area contributed by atoms with E-state index in [0.29, 0.717) is 11.4 Å². The van der Waals surface area contributed by atoms with E-state index in [1.807, 2.05) is 19.1 Å². The Balaban J connectivity index is 1.66. The van der Waals surface area contributed by atoms with Gasteiger partial charge >= 0.3 is 6.03 Å². The molecule has 3 rings (SSSR count). The summed E-state index contributed by atoms with van der Waals surface area (Å²) in [7, 11) is 1.49. The molecule has 3 amide bonds. The van der Waals surface area contributed by atoms with Crippen LogP contribution in [0.3, 0.4) is 0 Å². The molecule has 7 nitrogen and oxygen atoms in total. The van der Waals surface area contributed by atoms with Gasteiger partial charge in [0, 0.05) is 31.1 Å². The third-order valence-electron chi connectivity index (χ3n) is 3.92. The molecule has 0 atom stereocenters. The first-order valence-electron chi connectivity index (χ1n) is 8.75. The second kappa shape index (κ2) is 8.83. The normalized spacial score (nSPS) is 10.2. The highest BCUT2D eigenvalue weighted by Crippen LogP contribution is 2.26. The van der Waals surface area contributed by atoms with Gasteiger partial charge in [0.2, 0.25) is 0 Å². The Bertz CT molecular complexity index is 1040. The largest absolute Gasteiger partial charge is 0.457 e. The van der Waals surface area contributed by atoms with Crippen LogP contribution in [0.4, 0.5) is 20.6 Å². The summed E-state index contributed by atoms with van der Waals surface area (Å²) in [5.74, 6) is -0.486. The van der Waals surface area contributed by atoms with Crippen LogP contribution in [0, 0.1) is 12.7 Å². The van der Waals surface area contributed by atoms with Crippen LogP contribution in [0.5, 0.6) is 11.5 Å². The second-order valence-electron chi connectivity index (χ2n) is 6.14. The third-order valence-corrected chi connectivity index (χ3v) is 3.92. The molecule has 0 aliphatic heterocycles. The van der Waals surface area contributed by atoms with Crippen LogP contribution in [-0.4, -0.2) is 24.0 Å². The maximum Gasteiger partial charge on any atom is 0.323 e. The van der Waals surface area contributed by atoms with Crippen molar-refractivity contribution >= 4 is 23.3 Å². The number of aryl methyl sites for hydroxylation is 1. The number of amides is 3. The minimum absolute atomic E-state index is 0.00254. The third kappa shape index (κ3) is 5.29. The first kappa shape index (κ1) is 19.8. The Hall–Kier alpha value is -3.94. The second-order valence-corrected chi connectivity index (χ2v) is 6.14. The number of aromatic nitrogens is 1. The van der Waals surface area contributed by atoms with Gasteiger partial charge < -0.3 is 20.7 Å². The first-order valence-corrected chi connectivity index (χ1v) is 8.75. The van der Waals surface area contributed by atoms with Crippen molar-refractivity contribution in [2.45, 2.75) is 6.92 Å². The highest BCUT2D eigenvalue weighted by molar-refractivity contribution is 5.99. The lowest BCUT2D eigenvalue weighted by Crippen LogP contribution is -2.20. The number of carbonyl (C=O) groups excluding carboxylic acids is 2. The van der Waals surface area contributed by atoms with Crippen LogP contribution in [0.25, 0.3) is 0 Å². The van der Waals surface area contributed by atoms with E-state index in [0.717, 1.165) is 11.6 Å². The summed E-state index contributed by atoms with van der Waals surface area (Å²) in [6.07, 6.45) is 1.42. The number of pyridine rings is 1. The van der Waals surface area contributed by atoms with Gasteiger partial charge in [-0.15, -0.1) is 0 Å². The molecule has 0 unspecified atom stereocenters. The topological polar surface area (TPSA) is 92.4 Å². The number of nitrogens with zero attached hydrogens (tertiary/aromatic N) is 1. The van der Waals surface area contributed by atoms with Gasteiger partial charge in [0.1, 0.15) is 23.0 Å². The van der Waals surface area contributed by atoms with Crippen molar-refractivity contribution in [2.75, 3.05) is 17.7 Å². The fourth-order valence-electron chi connectivity index (χ4n) is 2.45. The summed E-state index contributed by atoms with van der Waals surface area (Å²) < 4.78 is 19.9. The van der Waals surface area contributed by atoms with Crippen LogP contribution >= 0.6 is 0 Å². The molecule has 0 radical (unpaired) electrons. The molecule has 3 N–H and O–H groups in total. The lowest BCUT2D eigenvalue weighted by atomic mass is 10.2. The average molecular weight is 394 g/mol. The van der Waals surface area contributed by atoms with E-state index >= 15 is 0 Å². The smallest absolute Gasteiger partial charge is 0.323 e. The number of benzene rings is 2. The SMILES string of the molecule is CNC(=O)c1cc(Oc2ccc(NC(=O)Nc3ccc(C)cc3)c(F)c2)ccn1. The molecule has 148 valence electrons. The summed E-state index contributed by atoms with van der Waals surface area (Å²) >= 11 is 0. The Morgan fingerprint density at radius 3 is 2.38 bits per heavy atom. The van der Waals surface area contributed by atoms with E-state index in [1.54, 1.807) is 18.2 Å². The molecular formula is C21H19FN4O3. The maximum atomic E-state index is 14.4. The van der Waals surface area contributed by atoms with Crippen molar-refractivity contribution in [3.8, 4) is 11.5 Å². The molecule has 3 aromatic rings. The number of hydrogen-bond donors (Lipinski definition) is 3. The predicted octanol–water partition coefficient (Wildman–Crippen LogP) is 4.33. The predicted molar refractivity (Wildman–Crippen MR) is 108 cm³/mol. The molecule has 1 heterocycles. The Kier molecular flexibility index (Phi) is 6.03. The molecule has 0 saturated carbocycles. The summed E-state index contributed by atoms with van der Waals surface area (Å²) in [6.45, 7) is 1.94. The van der Waals surface area contributed by atoms with Gasteiger partial charge in [0.05, 0.1) is 5.69 Å².